The number of carbonyl (C=O) groups excluding carboxylic acids is 5. The molecule has 4 fully saturated rings. The molecule has 0 bridgehead atoms. The summed E-state index contributed by atoms with van der Waals surface area (Å²) in [4.78, 5) is 70.0. The van der Waals surface area contributed by atoms with E-state index in [0.717, 1.165) is 44.9 Å². The second-order valence-corrected chi connectivity index (χ2v) is 19.7. The zero-order valence-electron chi connectivity index (χ0n) is 31.5. The van der Waals surface area contributed by atoms with E-state index >= 15 is 0 Å². The summed E-state index contributed by atoms with van der Waals surface area (Å²) in [6, 6.07) is -3.32. The van der Waals surface area contributed by atoms with Gasteiger partial charge in [0, 0.05) is 13.1 Å². The lowest BCUT2D eigenvalue weighted by Gasteiger charge is -2.49. The molecule has 0 aromatic carbocycles. The molecule has 2 saturated carbocycles. The minimum absolute atomic E-state index is 0.0881. The van der Waals surface area contributed by atoms with Gasteiger partial charge < -0.3 is 26.2 Å². The summed E-state index contributed by atoms with van der Waals surface area (Å²) in [5.74, 6) is -2.21. The number of Topliss-reactive ketones (excluding diaryl/α,β-unsaturated/α-hetero) is 1. The quantitative estimate of drug-likeness (QED) is 0.259. The van der Waals surface area contributed by atoms with Gasteiger partial charge in [-0.25, -0.2) is 13.2 Å². The molecule has 50 heavy (non-hydrogen) atoms. The standard InChI is InChI=1S/C37H63N5O7S/c1-8-22-38-32(45)30(43)26-18-14-11-9-10-12-15-19-27(33(46)42-23-25-28(35(25,4)5)29(42)31(44)39-26)40-34(47)41-37(20-16-13-17-21-37)36(6,7)50(48,49)24(2)3/h24-29H,8-23H2,1-7H3,(H,38,45)(H,39,44)(H2,40,41,47)/t25-,26+,27+,28-,29-/m0/s1. The summed E-state index contributed by atoms with van der Waals surface area (Å²) in [7, 11) is -3.62. The van der Waals surface area contributed by atoms with Crippen molar-refractivity contribution < 1.29 is 32.4 Å². The minimum atomic E-state index is -3.62. The van der Waals surface area contributed by atoms with E-state index in [1.165, 1.54) is 0 Å². The first-order valence-electron chi connectivity index (χ1n) is 19.2. The molecule has 2 heterocycles. The van der Waals surface area contributed by atoms with Crippen LogP contribution in [0.5, 0.6) is 0 Å². The molecular formula is C37H63N5O7S. The van der Waals surface area contributed by atoms with Crippen molar-refractivity contribution in [3.05, 3.63) is 0 Å². The number of fused-ring (bicyclic) bond motifs is 3. The van der Waals surface area contributed by atoms with E-state index in [1.807, 2.05) is 6.92 Å². The Hall–Kier alpha value is -2.70. The Morgan fingerprint density at radius 1 is 0.940 bits per heavy atom. The molecule has 0 radical (unpaired) electrons. The van der Waals surface area contributed by atoms with E-state index in [1.54, 1.807) is 32.6 Å². The molecule has 13 heteroatoms. The van der Waals surface area contributed by atoms with E-state index < -0.39 is 67.1 Å². The molecule has 4 rings (SSSR count). The van der Waals surface area contributed by atoms with Crippen molar-refractivity contribution in [3.63, 3.8) is 0 Å². The predicted molar refractivity (Wildman–Crippen MR) is 193 cm³/mol. The van der Waals surface area contributed by atoms with Crippen molar-refractivity contribution >= 4 is 39.4 Å². The number of nitrogens with one attached hydrogen (secondary N) is 4. The SMILES string of the molecule is CCCNC(=O)C(=O)[C@H]1CCCCCCCC[C@@H](NC(=O)NC2(C(C)(C)S(=O)(=O)C(C)C)CCCCC2)C(=O)N2C[C@H]3[C@@H]([C@H]2C(=O)N1)C3(C)C. The molecule has 284 valence electrons. The van der Waals surface area contributed by atoms with Crippen molar-refractivity contribution in [1.82, 2.24) is 26.2 Å². The lowest BCUT2D eigenvalue weighted by atomic mass is 9.73. The van der Waals surface area contributed by atoms with Crippen LogP contribution in [0.2, 0.25) is 0 Å². The summed E-state index contributed by atoms with van der Waals surface area (Å²) in [5, 5.41) is 10.9. The maximum Gasteiger partial charge on any atom is 0.315 e. The van der Waals surface area contributed by atoms with E-state index in [-0.39, 0.29) is 23.2 Å². The average Bonchev–Trinajstić information content (AvgIpc) is 3.37. The Kier molecular flexibility index (Phi) is 12.7. The van der Waals surface area contributed by atoms with Crippen LogP contribution in [0.15, 0.2) is 0 Å². The van der Waals surface area contributed by atoms with Crippen molar-refractivity contribution in [3.8, 4) is 0 Å². The normalized spacial score (nSPS) is 29.0. The lowest BCUT2D eigenvalue weighted by Crippen LogP contribution is -2.68. The Balaban J connectivity index is 1.60. The molecule has 12 nitrogen and oxygen atoms in total. The second-order valence-electron chi connectivity index (χ2n) is 16.7. The summed E-state index contributed by atoms with van der Waals surface area (Å²) >= 11 is 0. The maximum atomic E-state index is 14.5. The summed E-state index contributed by atoms with van der Waals surface area (Å²) in [6.45, 7) is 13.5. The molecule has 4 aliphatic rings. The van der Waals surface area contributed by atoms with Crippen molar-refractivity contribution in [2.45, 2.75) is 172 Å². The number of hydrogen-bond acceptors (Lipinski definition) is 7. The number of amides is 5. The summed E-state index contributed by atoms with van der Waals surface area (Å²) in [6.07, 6.45) is 9.82. The molecule has 0 aromatic rings. The van der Waals surface area contributed by atoms with Gasteiger partial charge in [-0.05, 0) is 77.0 Å². The summed E-state index contributed by atoms with van der Waals surface area (Å²) < 4.78 is 26.1. The monoisotopic (exact) mass is 721 g/mol. The molecular weight excluding hydrogens is 659 g/mol. The van der Waals surface area contributed by atoms with Crippen molar-refractivity contribution in [2.75, 3.05) is 13.1 Å². The van der Waals surface area contributed by atoms with Gasteiger partial charge >= 0.3 is 6.03 Å². The van der Waals surface area contributed by atoms with Crippen LogP contribution in [0, 0.1) is 17.3 Å². The van der Waals surface area contributed by atoms with Crippen LogP contribution in [0.25, 0.3) is 0 Å². The average molecular weight is 722 g/mol. The summed E-state index contributed by atoms with van der Waals surface area (Å²) in [5.41, 5.74) is -1.19. The molecule has 0 unspecified atom stereocenters. The van der Waals surface area contributed by atoms with E-state index in [9.17, 15) is 32.4 Å². The molecule has 2 aliphatic carbocycles. The van der Waals surface area contributed by atoms with Crippen LogP contribution in [-0.2, 0) is 29.0 Å². The smallest absolute Gasteiger partial charge is 0.315 e. The van der Waals surface area contributed by atoms with Gasteiger partial charge in [-0.1, -0.05) is 78.6 Å². The maximum absolute atomic E-state index is 14.5. The fourth-order valence-corrected chi connectivity index (χ4v) is 11.0. The van der Waals surface area contributed by atoms with Crippen LogP contribution in [0.1, 0.15) is 138 Å². The highest BCUT2D eigenvalue weighted by Gasteiger charge is 2.69. The minimum Gasteiger partial charge on any atom is -0.349 e. The Morgan fingerprint density at radius 2 is 1.52 bits per heavy atom. The largest absolute Gasteiger partial charge is 0.349 e. The highest BCUT2D eigenvalue weighted by molar-refractivity contribution is 7.93. The first kappa shape index (κ1) is 40.1. The lowest BCUT2D eigenvalue weighted by molar-refractivity contribution is -0.144. The van der Waals surface area contributed by atoms with Crippen molar-refractivity contribution in [1.29, 1.82) is 0 Å². The Labute approximate surface area is 299 Å². The number of ketones is 1. The third-order valence-corrected chi connectivity index (χ3v) is 15.6. The topological polar surface area (TPSA) is 171 Å². The highest BCUT2D eigenvalue weighted by Crippen LogP contribution is 2.65. The number of sulfone groups is 1. The number of carbonyl (C=O) groups is 5. The zero-order chi connectivity index (χ0) is 37.1. The molecule has 2 saturated heterocycles. The zero-order valence-corrected chi connectivity index (χ0v) is 32.3. The van der Waals surface area contributed by atoms with Crippen LogP contribution in [0.4, 0.5) is 4.79 Å². The first-order chi connectivity index (χ1) is 23.4. The van der Waals surface area contributed by atoms with E-state index in [2.05, 4.69) is 35.1 Å². The van der Waals surface area contributed by atoms with Gasteiger partial charge in [0.2, 0.25) is 17.6 Å². The second kappa shape index (κ2) is 15.9. The van der Waals surface area contributed by atoms with Gasteiger partial charge in [0.1, 0.15) is 12.1 Å². The van der Waals surface area contributed by atoms with Crippen LogP contribution in [0.3, 0.4) is 0 Å². The van der Waals surface area contributed by atoms with Gasteiger partial charge in [-0.2, -0.15) is 0 Å². The molecule has 4 N–H and O–H groups in total. The van der Waals surface area contributed by atoms with Crippen LogP contribution in [-0.4, -0.2) is 89.6 Å². The van der Waals surface area contributed by atoms with Gasteiger partial charge in [0.05, 0.1) is 21.6 Å². The molecule has 5 atom stereocenters. The Bertz CT molecular complexity index is 1390. The van der Waals surface area contributed by atoms with Gasteiger partial charge in [0.25, 0.3) is 5.91 Å². The van der Waals surface area contributed by atoms with Gasteiger partial charge in [0.15, 0.2) is 9.84 Å². The molecule has 2 aliphatic heterocycles. The van der Waals surface area contributed by atoms with Crippen molar-refractivity contribution in [2.24, 2.45) is 17.3 Å². The molecule has 5 amide bonds. The Morgan fingerprint density at radius 3 is 2.12 bits per heavy atom. The number of rotatable bonds is 9. The van der Waals surface area contributed by atoms with Gasteiger partial charge in [-0.15, -0.1) is 0 Å². The van der Waals surface area contributed by atoms with Crippen LogP contribution < -0.4 is 21.3 Å². The molecule has 0 aromatic heterocycles. The van der Waals surface area contributed by atoms with Gasteiger partial charge in [-0.3, -0.25) is 19.2 Å². The number of hydrogen-bond donors (Lipinski definition) is 4. The first-order valence-corrected chi connectivity index (χ1v) is 20.7. The van der Waals surface area contributed by atoms with Crippen LogP contribution >= 0.6 is 0 Å². The predicted octanol–water partition coefficient (Wildman–Crippen LogP) is 4.16. The van der Waals surface area contributed by atoms with E-state index in [4.69, 9.17) is 0 Å². The third kappa shape index (κ3) is 8.02. The number of nitrogens with zero attached hydrogens (tertiary/aromatic N) is 1. The third-order valence-electron chi connectivity index (χ3n) is 12.5. The number of piperidine rings is 1. The fourth-order valence-electron chi connectivity index (χ4n) is 8.99. The number of urea groups is 1. The molecule has 0 spiro atoms. The highest BCUT2D eigenvalue weighted by atomic mass is 32.2. The van der Waals surface area contributed by atoms with E-state index in [0.29, 0.717) is 58.0 Å². The fraction of sp³-hybridized carbons (Fsp3) is 0.865.